The van der Waals surface area contributed by atoms with Crippen molar-refractivity contribution in [3.8, 4) is 5.75 Å². The van der Waals surface area contributed by atoms with Gasteiger partial charge in [-0.1, -0.05) is 28.8 Å². The second kappa shape index (κ2) is 5.19. The maximum Gasteiger partial charge on any atom is 0.307 e. The fourth-order valence-corrected chi connectivity index (χ4v) is 4.53. The number of alkyl halides is 1. The fraction of sp³-hybridized carbons (Fsp3) is 0.571. The van der Waals surface area contributed by atoms with E-state index in [0.29, 0.717) is 10.9 Å². The number of nitro benzene ring substituents is 1. The Hall–Kier alpha value is -1.24. The molecular weight excluding hydrogens is 348 g/mol. The third kappa shape index (κ3) is 2.31. The van der Waals surface area contributed by atoms with Crippen LogP contribution in [0.25, 0.3) is 0 Å². The van der Waals surface area contributed by atoms with E-state index in [1.807, 2.05) is 0 Å². The maximum atomic E-state index is 13.9. The van der Waals surface area contributed by atoms with Crippen LogP contribution in [0.15, 0.2) is 12.1 Å². The van der Waals surface area contributed by atoms with Gasteiger partial charge in [0.1, 0.15) is 6.10 Å². The normalized spacial score (nSPS) is 26.6. The predicted molar refractivity (Wildman–Crippen MR) is 75.7 cm³/mol. The standard InChI is InChI=1S/C14H14BrF2NO3/c15-12-7-13(14(12)3-1-2-4-14)21-11-6-8(16)10(18(19)20)5-9(11)17/h5-6,12-13H,1-4,7H2. The van der Waals surface area contributed by atoms with Crippen LogP contribution in [-0.4, -0.2) is 15.9 Å². The third-order valence-electron chi connectivity index (χ3n) is 4.69. The quantitative estimate of drug-likeness (QED) is 0.456. The van der Waals surface area contributed by atoms with Crippen molar-refractivity contribution >= 4 is 21.6 Å². The largest absolute Gasteiger partial charge is 0.487 e. The summed E-state index contributed by atoms with van der Waals surface area (Å²) in [7, 11) is 0. The highest BCUT2D eigenvalue weighted by Crippen LogP contribution is 2.57. The van der Waals surface area contributed by atoms with Gasteiger partial charge in [-0.15, -0.1) is 0 Å². The van der Waals surface area contributed by atoms with Gasteiger partial charge in [0.25, 0.3) is 0 Å². The highest BCUT2D eigenvalue weighted by atomic mass is 79.9. The predicted octanol–water partition coefficient (Wildman–Crippen LogP) is 4.35. The summed E-state index contributed by atoms with van der Waals surface area (Å²) in [6.07, 6.45) is 4.80. The van der Waals surface area contributed by atoms with Gasteiger partial charge in [0.15, 0.2) is 11.6 Å². The van der Waals surface area contributed by atoms with Gasteiger partial charge in [0, 0.05) is 16.3 Å². The smallest absolute Gasteiger partial charge is 0.307 e. The number of hydrogen-bond donors (Lipinski definition) is 0. The third-order valence-corrected chi connectivity index (χ3v) is 5.97. The van der Waals surface area contributed by atoms with Crippen molar-refractivity contribution in [3.05, 3.63) is 33.9 Å². The second-order valence-corrected chi connectivity index (χ2v) is 6.85. The van der Waals surface area contributed by atoms with E-state index in [4.69, 9.17) is 4.74 Å². The van der Waals surface area contributed by atoms with Crippen LogP contribution in [0.3, 0.4) is 0 Å². The second-order valence-electron chi connectivity index (χ2n) is 5.74. The lowest BCUT2D eigenvalue weighted by molar-refractivity contribution is -0.387. The average Bonchev–Trinajstić information content (AvgIpc) is 2.94. The molecule has 2 fully saturated rings. The summed E-state index contributed by atoms with van der Waals surface area (Å²) < 4.78 is 33.1. The van der Waals surface area contributed by atoms with Gasteiger partial charge in [-0.2, -0.15) is 4.39 Å². The van der Waals surface area contributed by atoms with E-state index in [1.165, 1.54) is 0 Å². The molecule has 2 unspecified atom stereocenters. The molecule has 7 heteroatoms. The Labute approximate surface area is 128 Å². The SMILES string of the molecule is O=[N+]([O-])c1cc(F)c(OC2CC(Br)C23CCCC3)cc1F. The van der Waals surface area contributed by atoms with E-state index in [0.717, 1.165) is 38.2 Å². The van der Waals surface area contributed by atoms with Crippen LogP contribution >= 0.6 is 15.9 Å². The molecule has 21 heavy (non-hydrogen) atoms. The van der Waals surface area contributed by atoms with Crippen molar-refractivity contribution in [2.24, 2.45) is 5.41 Å². The van der Waals surface area contributed by atoms with Crippen LogP contribution in [0.5, 0.6) is 5.75 Å². The van der Waals surface area contributed by atoms with Gasteiger partial charge in [-0.25, -0.2) is 4.39 Å². The summed E-state index contributed by atoms with van der Waals surface area (Å²) in [4.78, 5) is 9.96. The van der Waals surface area contributed by atoms with Gasteiger partial charge in [-0.05, 0) is 19.3 Å². The van der Waals surface area contributed by atoms with Crippen molar-refractivity contribution in [1.29, 1.82) is 0 Å². The molecule has 0 saturated heterocycles. The lowest BCUT2D eigenvalue weighted by atomic mass is 9.64. The maximum absolute atomic E-state index is 13.9. The summed E-state index contributed by atoms with van der Waals surface area (Å²) in [6.45, 7) is 0. The van der Waals surface area contributed by atoms with Crippen LogP contribution in [0.2, 0.25) is 0 Å². The lowest BCUT2D eigenvalue weighted by Gasteiger charge is -2.51. The number of ether oxygens (including phenoxy) is 1. The molecule has 4 nitrogen and oxygen atoms in total. The van der Waals surface area contributed by atoms with Crippen molar-refractivity contribution in [2.45, 2.75) is 43.0 Å². The molecule has 0 heterocycles. The summed E-state index contributed by atoms with van der Waals surface area (Å²) in [5.41, 5.74) is -0.882. The Bertz CT molecular complexity index is 590. The number of hydrogen-bond acceptors (Lipinski definition) is 3. The molecule has 1 spiro atoms. The van der Waals surface area contributed by atoms with Crippen molar-refractivity contribution in [2.75, 3.05) is 0 Å². The Morgan fingerprint density at radius 1 is 1.29 bits per heavy atom. The summed E-state index contributed by atoms with van der Waals surface area (Å²) >= 11 is 3.62. The molecule has 2 aliphatic carbocycles. The van der Waals surface area contributed by atoms with Gasteiger partial charge >= 0.3 is 5.69 Å². The van der Waals surface area contributed by atoms with Crippen molar-refractivity contribution in [3.63, 3.8) is 0 Å². The minimum absolute atomic E-state index is 0.00923. The Balaban J connectivity index is 1.83. The van der Waals surface area contributed by atoms with E-state index in [2.05, 4.69) is 15.9 Å². The molecule has 114 valence electrons. The van der Waals surface area contributed by atoms with E-state index in [9.17, 15) is 18.9 Å². The zero-order chi connectivity index (χ0) is 15.2. The first kappa shape index (κ1) is 14.7. The molecule has 0 aromatic heterocycles. The van der Waals surface area contributed by atoms with Crippen molar-refractivity contribution < 1.29 is 18.4 Å². The first-order valence-electron chi connectivity index (χ1n) is 6.88. The molecular formula is C14H14BrF2NO3. The number of nitrogens with zero attached hydrogens (tertiary/aromatic N) is 1. The van der Waals surface area contributed by atoms with E-state index < -0.39 is 22.2 Å². The van der Waals surface area contributed by atoms with Crippen LogP contribution in [-0.2, 0) is 0 Å². The lowest BCUT2D eigenvalue weighted by Crippen LogP contribution is -2.55. The average molecular weight is 362 g/mol. The van der Waals surface area contributed by atoms with E-state index in [-0.39, 0.29) is 17.3 Å². The molecule has 0 radical (unpaired) electrons. The number of nitro groups is 1. The zero-order valence-electron chi connectivity index (χ0n) is 11.2. The Kier molecular flexibility index (Phi) is 3.63. The molecule has 1 aromatic rings. The highest BCUT2D eigenvalue weighted by Gasteiger charge is 2.56. The summed E-state index contributed by atoms with van der Waals surface area (Å²) in [5, 5.41) is 10.6. The van der Waals surface area contributed by atoms with Crippen molar-refractivity contribution in [1.82, 2.24) is 0 Å². The van der Waals surface area contributed by atoms with Gasteiger partial charge in [0.2, 0.25) is 5.82 Å². The minimum Gasteiger partial charge on any atom is -0.487 e. The van der Waals surface area contributed by atoms with Crippen LogP contribution in [0.4, 0.5) is 14.5 Å². The molecule has 1 aromatic carbocycles. The molecule has 0 N–H and O–H groups in total. The van der Waals surface area contributed by atoms with Crippen LogP contribution in [0.1, 0.15) is 32.1 Å². The molecule has 3 rings (SSSR count). The monoisotopic (exact) mass is 361 g/mol. The molecule has 2 atom stereocenters. The first-order valence-corrected chi connectivity index (χ1v) is 7.80. The van der Waals surface area contributed by atoms with E-state index >= 15 is 0 Å². The molecule has 0 bridgehead atoms. The summed E-state index contributed by atoms with van der Waals surface area (Å²) in [5.74, 6) is -2.21. The highest BCUT2D eigenvalue weighted by molar-refractivity contribution is 9.09. The Morgan fingerprint density at radius 3 is 2.52 bits per heavy atom. The number of rotatable bonds is 3. The van der Waals surface area contributed by atoms with Gasteiger partial charge in [-0.3, -0.25) is 10.1 Å². The molecule has 0 aliphatic heterocycles. The molecule has 2 aliphatic rings. The zero-order valence-corrected chi connectivity index (χ0v) is 12.7. The number of halogens is 3. The minimum atomic E-state index is -1.08. The number of benzene rings is 1. The topological polar surface area (TPSA) is 52.4 Å². The first-order chi connectivity index (χ1) is 9.94. The van der Waals surface area contributed by atoms with Crippen LogP contribution in [0, 0.1) is 27.2 Å². The summed E-state index contributed by atoms with van der Waals surface area (Å²) in [6, 6.07) is 1.36. The molecule has 2 saturated carbocycles. The van der Waals surface area contributed by atoms with Crippen LogP contribution < -0.4 is 4.74 Å². The van der Waals surface area contributed by atoms with E-state index in [1.54, 1.807) is 0 Å². The van der Waals surface area contributed by atoms with Gasteiger partial charge < -0.3 is 4.74 Å². The van der Waals surface area contributed by atoms with Gasteiger partial charge in [0.05, 0.1) is 11.0 Å². The molecule has 0 amide bonds. The Morgan fingerprint density at radius 2 is 1.95 bits per heavy atom. The fourth-order valence-electron chi connectivity index (χ4n) is 3.43.